The number of ether oxygens (including phenoxy) is 1. The fourth-order valence-electron chi connectivity index (χ4n) is 1.61. The summed E-state index contributed by atoms with van der Waals surface area (Å²) in [6, 6.07) is 3.36. The number of anilines is 2. The van der Waals surface area contributed by atoms with Crippen molar-refractivity contribution < 1.29 is 14.6 Å². The van der Waals surface area contributed by atoms with Crippen LogP contribution in [0.15, 0.2) is 12.1 Å². The van der Waals surface area contributed by atoms with Gasteiger partial charge in [-0.25, -0.2) is 4.79 Å². The zero-order valence-electron chi connectivity index (χ0n) is 10.8. The number of aromatic carboxylic acids is 1. The first-order valence-electron chi connectivity index (χ1n) is 5.18. The molecule has 0 saturated heterocycles. The van der Waals surface area contributed by atoms with E-state index in [9.17, 15) is 4.79 Å². The highest BCUT2D eigenvalue weighted by atomic mass is 16.5. The molecule has 94 valence electrons. The quantitative estimate of drug-likeness (QED) is 0.862. The maximum Gasteiger partial charge on any atom is 0.339 e. The summed E-state index contributed by atoms with van der Waals surface area (Å²) >= 11 is 0. The van der Waals surface area contributed by atoms with Crippen LogP contribution in [0.4, 0.5) is 11.4 Å². The average Bonchev–Trinajstić information content (AvgIpc) is 2.26. The van der Waals surface area contributed by atoms with E-state index in [1.165, 1.54) is 7.11 Å². The van der Waals surface area contributed by atoms with E-state index in [2.05, 4.69) is 0 Å². The molecule has 0 saturated carbocycles. The number of carbonyl (C=O) groups is 1. The lowest BCUT2D eigenvalue weighted by molar-refractivity contribution is 0.0693. The highest BCUT2D eigenvalue weighted by Crippen LogP contribution is 2.34. The van der Waals surface area contributed by atoms with Crippen molar-refractivity contribution in [1.29, 1.82) is 0 Å². The number of nitrogens with zero attached hydrogens (tertiary/aromatic N) is 2. The van der Waals surface area contributed by atoms with Crippen LogP contribution in [-0.2, 0) is 0 Å². The summed E-state index contributed by atoms with van der Waals surface area (Å²) in [7, 11) is 9.03. The average molecular weight is 238 g/mol. The van der Waals surface area contributed by atoms with E-state index in [1.807, 2.05) is 38.0 Å². The van der Waals surface area contributed by atoms with Gasteiger partial charge in [-0.3, -0.25) is 0 Å². The highest BCUT2D eigenvalue weighted by molar-refractivity contribution is 5.94. The normalized spacial score (nSPS) is 9.94. The van der Waals surface area contributed by atoms with Crippen LogP contribution in [0, 0.1) is 0 Å². The van der Waals surface area contributed by atoms with Crippen LogP contribution in [0.2, 0.25) is 0 Å². The summed E-state index contributed by atoms with van der Waals surface area (Å²) in [5, 5.41) is 9.12. The standard InChI is InChI=1S/C12H18N2O3/c1-13(2)9-6-8(12(15)16)11(17-5)7-10(9)14(3)4/h6-7H,1-5H3,(H,15,16). The third-order valence-corrected chi connectivity index (χ3v) is 2.49. The molecule has 1 N–H and O–H groups in total. The van der Waals surface area contributed by atoms with Crippen LogP contribution in [0.5, 0.6) is 5.75 Å². The Bertz CT molecular complexity index is 428. The van der Waals surface area contributed by atoms with Crippen molar-refractivity contribution in [3.63, 3.8) is 0 Å². The van der Waals surface area contributed by atoms with Crippen molar-refractivity contribution in [2.24, 2.45) is 0 Å². The number of rotatable bonds is 4. The lowest BCUT2D eigenvalue weighted by Crippen LogP contribution is -2.18. The van der Waals surface area contributed by atoms with Gasteiger partial charge in [-0.05, 0) is 6.07 Å². The number of hydrogen-bond acceptors (Lipinski definition) is 4. The van der Waals surface area contributed by atoms with Gasteiger partial charge >= 0.3 is 5.97 Å². The monoisotopic (exact) mass is 238 g/mol. The Morgan fingerprint density at radius 1 is 1.12 bits per heavy atom. The molecule has 1 aromatic rings. The van der Waals surface area contributed by atoms with E-state index in [0.29, 0.717) is 5.75 Å². The molecule has 0 aliphatic carbocycles. The zero-order valence-corrected chi connectivity index (χ0v) is 10.8. The number of benzene rings is 1. The fraction of sp³-hybridized carbons (Fsp3) is 0.417. The molecule has 0 unspecified atom stereocenters. The second-order valence-electron chi connectivity index (χ2n) is 4.14. The third-order valence-electron chi connectivity index (χ3n) is 2.49. The minimum Gasteiger partial charge on any atom is -0.496 e. The van der Waals surface area contributed by atoms with E-state index in [1.54, 1.807) is 12.1 Å². The topological polar surface area (TPSA) is 53.0 Å². The Morgan fingerprint density at radius 2 is 1.59 bits per heavy atom. The molecule has 17 heavy (non-hydrogen) atoms. The SMILES string of the molecule is COc1cc(N(C)C)c(N(C)C)cc1C(=O)O. The van der Waals surface area contributed by atoms with E-state index < -0.39 is 5.97 Å². The lowest BCUT2D eigenvalue weighted by Gasteiger charge is -2.24. The van der Waals surface area contributed by atoms with Gasteiger partial charge in [0, 0.05) is 34.3 Å². The second-order valence-corrected chi connectivity index (χ2v) is 4.14. The van der Waals surface area contributed by atoms with Crippen molar-refractivity contribution in [3.05, 3.63) is 17.7 Å². The predicted octanol–water partition coefficient (Wildman–Crippen LogP) is 1.53. The first-order valence-corrected chi connectivity index (χ1v) is 5.18. The van der Waals surface area contributed by atoms with Gasteiger partial charge < -0.3 is 19.6 Å². The van der Waals surface area contributed by atoms with Crippen molar-refractivity contribution in [3.8, 4) is 5.75 Å². The Hall–Kier alpha value is -1.91. The van der Waals surface area contributed by atoms with Crippen LogP contribution in [0.1, 0.15) is 10.4 Å². The molecule has 0 radical (unpaired) electrons. The van der Waals surface area contributed by atoms with Crippen molar-refractivity contribution >= 4 is 17.3 Å². The fourth-order valence-corrected chi connectivity index (χ4v) is 1.61. The molecule has 0 amide bonds. The molecule has 0 aromatic heterocycles. The molecule has 0 bridgehead atoms. The molecule has 0 spiro atoms. The molecular weight excluding hydrogens is 220 g/mol. The van der Waals surface area contributed by atoms with Crippen LogP contribution in [0.3, 0.4) is 0 Å². The van der Waals surface area contributed by atoms with Gasteiger partial charge in [-0.15, -0.1) is 0 Å². The van der Waals surface area contributed by atoms with E-state index in [-0.39, 0.29) is 5.56 Å². The maximum atomic E-state index is 11.1. The zero-order chi connectivity index (χ0) is 13.2. The number of methoxy groups -OCH3 is 1. The predicted molar refractivity (Wildman–Crippen MR) is 68.6 cm³/mol. The molecule has 0 heterocycles. The Morgan fingerprint density at radius 3 is 1.94 bits per heavy atom. The first-order chi connectivity index (χ1) is 7.88. The highest BCUT2D eigenvalue weighted by Gasteiger charge is 2.17. The van der Waals surface area contributed by atoms with Gasteiger partial charge in [0.2, 0.25) is 0 Å². The Kier molecular flexibility index (Phi) is 3.83. The van der Waals surface area contributed by atoms with Gasteiger partial charge in [0.1, 0.15) is 11.3 Å². The molecule has 0 aliphatic heterocycles. The summed E-state index contributed by atoms with van der Waals surface area (Å²) in [5.41, 5.74) is 1.92. The van der Waals surface area contributed by atoms with E-state index >= 15 is 0 Å². The largest absolute Gasteiger partial charge is 0.496 e. The van der Waals surface area contributed by atoms with Gasteiger partial charge in [0.05, 0.1) is 18.5 Å². The third kappa shape index (κ3) is 2.61. The van der Waals surface area contributed by atoms with Crippen molar-refractivity contribution in [2.75, 3.05) is 45.1 Å². The summed E-state index contributed by atoms with van der Waals surface area (Å²) < 4.78 is 5.11. The molecule has 1 rings (SSSR count). The Labute approximate surface area is 101 Å². The second kappa shape index (κ2) is 4.95. The lowest BCUT2D eigenvalue weighted by atomic mass is 10.1. The van der Waals surface area contributed by atoms with Crippen LogP contribution in [-0.4, -0.2) is 46.4 Å². The summed E-state index contributed by atoms with van der Waals surface area (Å²) in [6.07, 6.45) is 0. The molecule has 0 fully saturated rings. The number of hydrogen-bond donors (Lipinski definition) is 1. The summed E-state index contributed by atoms with van der Waals surface area (Å²) in [6.45, 7) is 0. The van der Waals surface area contributed by atoms with Crippen LogP contribution < -0.4 is 14.5 Å². The maximum absolute atomic E-state index is 11.1. The van der Waals surface area contributed by atoms with Gasteiger partial charge in [0.25, 0.3) is 0 Å². The molecular formula is C12H18N2O3. The van der Waals surface area contributed by atoms with Crippen molar-refractivity contribution in [1.82, 2.24) is 0 Å². The van der Waals surface area contributed by atoms with E-state index in [4.69, 9.17) is 9.84 Å². The first kappa shape index (κ1) is 13.2. The summed E-state index contributed by atoms with van der Waals surface area (Å²) in [5.74, 6) is -0.623. The van der Waals surface area contributed by atoms with Gasteiger partial charge in [-0.2, -0.15) is 0 Å². The van der Waals surface area contributed by atoms with Gasteiger partial charge in [0.15, 0.2) is 0 Å². The molecule has 1 aromatic carbocycles. The molecule has 5 heteroatoms. The van der Waals surface area contributed by atoms with Crippen LogP contribution in [0.25, 0.3) is 0 Å². The number of carboxylic acid groups (broad SMARTS) is 1. The van der Waals surface area contributed by atoms with Crippen LogP contribution >= 0.6 is 0 Å². The molecule has 0 atom stereocenters. The minimum atomic E-state index is -0.991. The smallest absolute Gasteiger partial charge is 0.339 e. The molecule has 5 nitrogen and oxygen atoms in total. The minimum absolute atomic E-state index is 0.168. The molecule has 0 aliphatic rings. The number of carboxylic acids is 1. The summed E-state index contributed by atoms with van der Waals surface area (Å²) in [4.78, 5) is 14.9. The Balaban J connectivity index is 3.48. The van der Waals surface area contributed by atoms with Crippen molar-refractivity contribution in [2.45, 2.75) is 0 Å². The van der Waals surface area contributed by atoms with Gasteiger partial charge in [-0.1, -0.05) is 0 Å². The van der Waals surface area contributed by atoms with E-state index in [0.717, 1.165) is 11.4 Å².